The van der Waals surface area contributed by atoms with Crippen molar-refractivity contribution >= 4 is 11.8 Å². The molecule has 138 valence electrons. The van der Waals surface area contributed by atoms with E-state index in [1.54, 1.807) is 17.4 Å². The third kappa shape index (κ3) is 3.36. The number of rotatable bonds is 5. The second-order valence-corrected chi connectivity index (χ2v) is 7.01. The van der Waals surface area contributed by atoms with Crippen LogP contribution in [0.4, 0.5) is 0 Å². The Labute approximate surface area is 151 Å². The molecule has 0 bridgehead atoms. The highest BCUT2D eigenvalue weighted by atomic mass is 16.2. The first-order valence-corrected chi connectivity index (χ1v) is 9.32. The van der Waals surface area contributed by atoms with Crippen molar-refractivity contribution < 1.29 is 9.59 Å². The van der Waals surface area contributed by atoms with Crippen LogP contribution in [0.25, 0.3) is 0 Å². The molecule has 2 aliphatic rings. The van der Waals surface area contributed by atoms with Gasteiger partial charge >= 0.3 is 0 Å². The van der Waals surface area contributed by atoms with Crippen molar-refractivity contribution in [3.8, 4) is 0 Å². The van der Waals surface area contributed by atoms with Crippen LogP contribution in [0.3, 0.4) is 0 Å². The molecule has 1 aliphatic heterocycles. The van der Waals surface area contributed by atoms with Gasteiger partial charge < -0.3 is 15.2 Å². The molecule has 26 heavy (non-hydrogen) atoms. The molecule has 1 saturated heterocycles. The Balaban J connectivity index is 1.42. The normalized spacial score (nSPS) is 19.9. The van der Waals surface area contributed by atoms with Crippen LogP contribution in [0.5, 0.6) is 0 Å². The molecule has 1 fully saturated rings. The van der Waals surface area contributed by atoms with Gasteiger partial charge in [-0.2, -0.15) is 5.10 Å². The smallest absolute Gasteiger partial charge is 0.243 e. The molecule has 8 nitrogen and oxygen atoms in total. The fourth-order valence-electron chi connectivity index (χ4n) is 3.95. The van der Waals surface area contributed by atoms with Crippen LogP contribution in [-0.2, 0) is 35.3 Å². The first-order chi connectivity index (χ1) is 12.7. The predicted molar refractivity (Wildman–Crippen MR) is 94.4 cm³/mol. The minimum atomic E-state index is -0.482. The van der Waals surface area contributed by atoms with Crippen LogP contribution in [-0.4, -0.2) is 56.0 Å². The SMILES string of the molecule is O=C1NCCN(C(=O)CCc2n[nH]c3c2CCCC3)[C@H]1Cc1cnc[nH]1. The maximum absolute atomic E-state index is 12.8. The van der Waals surface area contributed by atoms with Gasteiger partial charge in [0.15, 0.2) is 0 Å². The van der Waals surface area contributed by atoms with Crippen LogP contribution in [0.1, 0.15) is 41.9 Å². The van der Waals surface area contributed by atoms with Gasteiger partial charge in [0.25, 0.3) is 0 Å². The molecule has 0 saturated carbocycles. The molecule has 0 unspecified atom stereocenters. The summed E-state index contributed by atoms with van der Waals surface area (Å²) in [4.78, 5) is 33.8. The number of imidazole rings is 1. The van der Waals surface area contributed by atoms with Crippen molar-refractivity contribution in [1.82, 2.24) is 30.4 Å². The van der Waals surface area contributed by atoms with Gasteiger partial charge in [0.05, 0.1) is 12.0 Å². The second kappa shape index (κ2) is 7.31. The predicted octanol–water partition coefficient (Wildman–Crippen LogP) is 0.514. The number of aryl methyl sites for hydroxylation is 2. The number of carbonyl (C=O) groups is 2. The summed E-state index contributed by atoms with van der Waals surface area (Å²) in [6, 6.07) is -0.482. The first kappa shape index (κ1) is 16.8. The molecule has 1 aliphatic carbocycles. The van der Waals surface area contributed by atoms with Crippen LogP contribution >= 0.6 is 0 Å². The number of carbonyl (C=O) groups excluding carboxylic acids is 2. The number of nitrogens with zero attached hydrogens (tertiary/aromatic N) is 3. The van der Waals surface area contributed by atoms with E-state index < -0.39 is 6.04 Å². The van der Waals surface area contributed by atoms with Gasteiger partial charge in [-0.3, -0.25) is 14.7 Å². The molecular formula is C18H24N6O2. The van der Waals surface area contributed by atoms with E-state index in [9.17, 15) is 9.59 Å². The monoisotopic (exact) mass is 356 g/mol. The van der Waals surface area contributed by atoms with Crippen molar-refractivity contribution in [2.24, 2.45) is 0 Å². The maximum Gasteiger partial charge on any atom is 0.243 e. The van der Waals surface area contributed by atoms with Gasteiger partial charge in [-0.15, -0.1) is 0 Å². The van der Waals surface area contributed by atoms with Crippen LogP contribution < -0.4 is 5.32 Å². The summed E-state index contributed by atoms with van der Waals surface area (Å²) < 4.78 is 0. The van der Waals surface area contributed by atoms with Crippen LogP contribution in [0.15, 0.2) is 12.5 Å². The zero-order valence-corrected chi connectivity index (χ0v) is 14.8. The number of fused-ring (bicyclic) bond motifs is 1. The summed E-state index contributed by atoms with van der Waals surface area (Å²) in [5.41, 5.74) is 4.40. The summed E-state index contributed by atoms with van der Waals surface area (Å²) in [5.74, 6) is -0.0896. The summed E-state index contributed by atoms with van der Waals surface area (Å²) in [6.45, 7) is 1.05. The Morgan fingerprint density at radius 3 is 3.04 bits per heavy atom. The molecule has 3 heterocycles. The van der Waals surface area contributed by atoms with Crippen molar-refractivity contribution in [3.05, 3.63) is 35.2 Å². The van der Waals surface area contributed by atoms with Crippen LogP contribution in [0.2, 0.25) is 0 Å². The van der Waals surface area contributed by atoms with Crippen molar-refractivity contribution in [2.75, 3.05) is 13.1 Å². The van der Waals surface area contributed by atoms with E-state index in [2.05, 4.69) is 25.5 Å². The highest BCUT2D eigenvalue weighted by molar-refractivity contribution is 5.89. The maximum atomic E-state index is 12.8. The summed E-state index contributed by atoms with van der Waals surface area (Å²) >= 11 is 0. The van der Waals surface area contributed by atoms with Crippen molar-refractivity contribution in [2.45, 2.75) is 51.0 Å². The fourth-order valence-corrected chi connectivity index (χ4v) is 3.95. The highest BCUT2D eigenvalue weighted by Crippen LogP contribution is 2.23. The van der Waals surface area contributed by atoms with Crippen molar-refractivity contribution in [3.63, 3.8) is 0 Å². The quantitative estimate of drug-likeness (QED) is 0.726. The van der Waals surface area contributed by atoms with Gasteiger partial charge in [-0.05, 0) is 31.2 Å². The number of piperazine rings is 1. The number of H-pyrrole nitrogens is 2. The minimum absolute atomic E-state index is 0.0110. The fraction of sp³-hybridized carbons (Fsp3) is 0.556. The van der Waals surface area contributed by atoms with Gasteiger partial charge in [0.2, 0.25) is 11.8 Å². The Bertz CT molecular complexity index is 782. The Morgan fingerprint density at radius 2 is 2.19 bits per heavy atom. The molecule has 8 heteroatoms. The Morgan fingerprint density at radius 1 is 1.31 bits per heavy atom. The standard InChI is InChI=1S/C18H24N6O2/c25-17(6-5-15-13-3-1-2-4-14(13)22-23-15)24-8-7-20-18(26)16(24)9-12-10-19-11-21-12/h10-11,16H,1-9H2,(H,19,21)(H,20,26)(H,22,23)/t16-/m0/s1. The van der Waals surface area contributed by atoms with E-state index in [4.69, 9.17) is 0 Å². The lowest BCUT2D eigenvalue weighted by molar-refractivity contribution is -0.143. The number of aromatic amines is 2. The van der Waals surface area contributed by atoms with E-state index in [1.807, 2.05) is 0 Å². The zero-order valence-electron chi connectivity index (χ0n) is 14.8. The molecule has 0 radical (unpaired) electrons. The zero-order chi connectivity index (χ0) is 17.9. The Hall–Kier alpha value is -2.64. The van der Waals surface area contributed by atoms with E-state index in [0.717, 1.165) is 24.2 Å². The molecule has 4 rings (SSSR count). The number of hydrogen-bond acceptors (Lipinski definition) is 4. The largest absolute Gasteiger partial charge is 0.353 e. The lowest BCUT2D eigenvalue weighted by atomic mass is 9.94. The molecule has 0 aromatic carbocycles. The van der Waals surface area contributed by atoms with Gasteiger partial charge in [0, 0.05) is 49.9 Å². The number of nitrogens with one attached hydrogen (secondary N) is 3. The van der Waals surface area contributed by atoms with E-state index in [-0.39, 0.29) is 11.8 Å². The molecule has 2 aromatic rings. The van der Waals surface area contributed by atoms with E-state index in [0.29, 0.717) is 32.4 Å². The molecule has 0 spiro atoms. The van der Waals surface area contributed by atoms with Crippen molar-refractivity contribution in [1.29, 1.82) is 0 Å². The Kier molecular flexibility index (Phi) is 4.73. The minimum Gasteiger partial charge on any atom is -0.353 e. The first-order valence-electron chi connectivity index (χ1n) is 9.32. The topological polar surface area (TPSA) is 107 Å². The lowest BCUT2D eigenvalue weighted by Gasteiger charge is -2.35. The molecular weight excluding hydrogens is 332 g/mol. The molecule has 2 amide bonds. The van der Waals surface area contributed by atoms with E-state index >= 15 is 0 Å². The lowest BCUT2D eigenvalue weighted by Crippen LogP contribution is -2.58. The molecule has 2 aromatic heterocycles. The van der Waals surface area contributed by atoms with Gasteiger partial charge in [0.1, 0.15) is 6.04 Å². The van der Waals surface area contributed by atoms with Crippen LogP contribution in [0, 0.1) is 0 Å². The average molecular weight is 356 g/mol. The van der Waals surface area contributed by atoms with Gasteiger partial charge in [-0.1, -0.05) is 0 Å². The number of aromatic nitrogens is 4. The summed E-state index contributed by atoms with van der Waals surface area (Å²) in [7, 11) is 0. The van der Waals surface area contributed by atoms with E-state index in [1.165, 1.54) is 24.1 Å². The average Bonchev–Trinajstić information content (AvgIpc) is 3.31. The summed E-state index contributed by atoms with van der Waals surface area (Å²) in [5, 5.41) is 10.4. The second-order valence-electron chi connectivity index (χ2n) is 7.01. The highest BCUT2D eigenvalue weighted by Gasteiger charge is 2.33. The number of hydrogen-bond donors (Lipinski definition) is 3. The molecule has 3 N–H and O–H groups in total. The van der Waals surface area contributed by atoms with Gasteiger partial charge in [-0.25, -0.2) is 4.98 Å². The molecule has 1 atom stereocenters. The number of amides is 2. The third-order valence-electron chi connectivity index (χ3n) is 5.34. The third-order valence-corrected chi connectivity index (χ3v) is 5.34. The summed E-state index contributed by atoms with van der Waals surface area (Å²) in [6.07, 6.45) is 9.22.